The first-order valence-corrected chi connectivity index (χ1v) is 5.76. The van der Waals surface area contributed by atoms with Crippen LogP contribution in [0.2, 0.25) is 0 Å². The molecule has 3 rings (SSSR count). The van der Waals surface area contributed by atoms with E-state index in [9.17, 15) is 5.11 Å². The summed E-state index contributed by atoms with van der Waals surface area (Å²) in [7, 11) is 0. The van der Waals surface area contributed by atoms with Gasteiger partial charge in [-0.15, -0.1) is 0 Å². The molecule has 1 saturated heterocycles. The molecule has 13 heavy (non-hydrogen) atoms. The van der Waals surface area contributed by atoms with Gasteiger partial charge >= 0.3 is 0 Å². The van der Waals surface area contributed by atoms with Gasteiger partial charge < -0.3 is 10.4 Å². The van der Waals surface area contributed by atoms with Crippen LogP contribution < -0.4 is 5.32 Å². The van der Waals surface area contributed by atoms with Crippen molar-refractivity contribution in [3.05, 3.63) is 0 Å². The summed E-state index contributed by atoms with van der Waals surface area (Å²) in [5.74, 6) is 0.785. The van der Waals surface area contributed by atoms with Crippen LogP contribution >= 0.6 is 0 Å². The summed E-state index contributed by atoms with van der Waals surface area (Å²) in [5.41, 5.74) is -0.333. The number of hydrogen-bond donors (Lipinski definition) is 2. The molecule has 2 saturated carbocycles. The van der Waals surface area contributed by atoms with Crippen LogP contribution in [0.25, 0.3) is 0 Å². The number of rotatable bonds is 1. The van der Waals surface area contributed by atoms with Crippen molar-refractivity contribution >= 4 is 0 Å². The van der Waals surface area contributed by atoms with Crippen LogP contribution in [0.1, 0.15) is 44.9 Å². The molecule has 2 unspecified atom stereocenters. The average Bonchev–Trinajstić information content (AvgIpc) is 2.77. The largest absolute Gasteiger partial charge is 0.388 e. The molecule has 0 amide bonds. The van der Waals surface area contributed by atoms with Crippen LogP contribution in [-0.4, -0.2) is 22.8 Å². The molecule has 2 nitrogen and oxygen atoms in total. The van der Waals surface area contributed by atoms with Crippen molar-refractivity contribution in [1.29, 1.82) is 0 Å². The zero-order valence-corrected chi connectivity index (χ0v) is 8.13. The molecule has 3 atom stereocenters. The van der Waals surface area contributed by atoms with Crippen LogP contribution in [-0.2, 0) is 0 Å². The molecule has 0 spiro atoms. The van der Waals surface area contributed by atoms with E-state index in [2.05, 4.69) is 5.32 Å². The SMILES string of the molecule is OC1([C@H]2NC3CCC2C3)CCCC1. The van der Waals surface area contributed by atoms with Crippen molar-refractivity contribution in [2.24, 2.45) is 5.92 Å². The Morgan fingerprint density at radius 3 is 2.46 bits per heavy atom. The third kappa shape index (κ3) is 1.15. The predicted octanol–water partition coefficient (Wildman–Crippen LogP) is 1.43. The lowest BCUT2D eigenvalue weighted by atomic mass is 9.83. The van der Waals surface area contributed by atoms with Crippen LogP contribution in [0, 0.1) is 5.92 Å². The Bertz CT molecular complexity index is 210. The first-order chi connectivity index (χ1) is 6.28. The summed E-state index contributed by atoms with van der Waals surface area (Å²) in [6.07, 6.45) is 8.55. The molecule has 2 heteroatoms. The van der Waals surface area contributed by atoms with Crippen molar-refractivity contribution < 1.29 is 5.11 Å². The van der Waals surface area contributed by atoms with Gasteiger partial charge in [-0.2, -0.15) is 0 Å². The third-order valence-electron chi connectivity index (χ3n) is 4.41. The van der Waals surface area contributed by atoms with Gasteiger partial charge in [0.05, 0.1) is 5.60 Å². The minimum atomic E-state index is -0.333. The van der Waals surface area contributed by atoms with Crippen molar-refractivity contribution in [3.8, 4) is 0 Å². The van der Waals surface area contributed by atoms with E-state index in [1.54, 1.807) is 0 Å². The molecule has 0 aromatic rings. The van der Waals surface area contributed by atoms with Crippen molar-refractivity contribution in [3.63, 3.8) is 0 Å². The molecule has 0 aromatic carbocycles. The fourth-order valence-corrected chi connectivity index (χ4v) is 3.75. The molecular formula is C11H19NO. The molecule has 3 fully saturated rings. The average molecular weight is 181 g/mol. The quantitative estimate of drug-likeness (QED) is 0.641. The van der Waals surface area contributed by atoms with Crippen LogP contribution in [0.4, 0.5) is 0 Å². The van der Waals surface area contributed by atoms with Gasteiger partial charge in [0.2, 0.25) is 0 Å². The lowest BCUT2D eigenvalue weighted by molar-refractivity contribution is -0.00673. The second-order valence-corrected chi connectivity index (χ2v) is 5.23. The van der Waals surface area contributed by atoms with Gasteiger partial charge in [-0.05, 0) is 38.0 Å². The smallest absolute Gasteiger partial charge is 0.0802 e. The van der Waals surface area contributed by atoms with E-state index in [-0.39, 0.29) is 5.60 Å². The Morgan fingerprint density at radius 1 is 1.15 bits per heavy atom. The van der Waals surface area contributed by atoms with Gasteiger partial charge in [0.15, 0.2) is 0 Å². The summed E-state index contributed by atoms with van der Waals surface area (Å²) >= 11 is 0. The summed E-state index contributed by atoms with van der Waals surface area (Å²) in [6.45, 7) is 0. The summed E-state index contributed by atoms with van der Waals surface area (Å²) < 4.78 is 0. The Hall–Kier alpha value is -0.0800. The van der Waals surface area contributed by atoms with E-state index in [4.69, 9.17) is 0 Å². The fourth-order valence-electron chi connectivity index (χ4n) is 3.75. The highest BCUT2D eigenvalue weighted by Crippen LogP contribution is 2.44. The van der Waals surface area contributed by atoms with E-state index < -0.39 is 0 Å². The van der Waals surface area contributed by atoms with E-state index in [1.807, 2.05) is 0 Å². The molecule has 3 aliphatic rings. The lowest BCUT2D eigenvalue weighted by Crippen LogP contribution is -2.52. The van der Waals surface area contributed by atoms with Gasteiger partial charge in [0.1, 0.15) is 0 Å². The molecule has 2 aliphatic carbocycles. The molecule has 1 heterocycles. The Balaban J connectivity index is 1.78. The Morgan fingerprint density at radius 2 is 1.92 bits per heavy atom. The van der Waals surface area contributed by atoms with Gasteiger partial charge in [0, 0.05) is 12.1 Å². The van der Waals surface area contributed by atoms with E-state index >= 15 is 0 Å². The van der Waals surface area contributed by atoms with Gasteiger partial charge in [-0.1, -0.05) is 12.8 Å². The standard InChI is InChI=1S/C11H19NO/c13-11(5-1-2-6-11)10-8-3-4-9(7-8)12-10/h8-10,12-13H,1-7H2/t8?,9?,10-/m0/s1. The van der Waals surface area contributed by atoms with Crippen molar-refractivity contribution in [2.45, 2.75) is 62.6 Å². The summed E-state index contributed by atoms with van der Waals surface area (Å²) in [6, 6.07) is 1.17. The van der Waals surface area contributed by atoms with Crippen molar-refractivity contribution in [1.82, 2.24) is 5.32 Å². The fraction of sp³-hybridized carbons (Fsp3) is 1.00. The number of aliphatic hydroxyl groups is 1. The minimum Gasteiger partial charge on any atom is -0.388 e. The number of nitrogens with one attached hydrogen (secondary N) is 1. The highest BCUT2D eigenvalue weighted by Gasteiger charge is 2.50. The summed E-state index contributed by atoms with van der Waals surface area (Å²) in [4.78, 5) is 0. The monoisotopic (exact) mass is 181 g/mol. The third-order valence-corrected chi connectivity index (χ3v) is 4.41. The molecular weight excluding hydrogens is 162 g/mol. The maximum Gasteiger partial charge on any atom is 0.0802 e. The first-order valence-electron chi connectivity index (χ1n) is 5.76. The van der Waals surface area contributed by atoms with Gasteiger partial charge in [-0.3, -0.25) is 0 Å². The zero-order chi connectivity index (χ0) is 8.89. The molecule has 0 aromatic heterocycles. The molecule has 0 radical (unpaired) electrons. The maximum absolute atomic E-state index is 10.5. The first kappa shape index (κ1) is 8.25. The minimum absolute atomic E-state index is 0.333. The zero-order valence-electron chi connectivity index (χ0n) is 8.13. The van der Waals surface area contributed by atoms with Crippen LogP contribution in [0.15, 0.2) is 0 Å². The second kappa shape index (κ2) is 2.71. The van der Waals surface area contributed by atoms with E-state index in [0.717, 1.165) is 24.8 Å². The Labute approximate surface area is 79.7 Å². The normalized spacial score (nSPS) is 47.3. The number of fused-ring (bicyclic) bond motifs is 2. The van der Waals surface area contributed by atoms with Crippen molar-refractivity contribution in [2.75, 3.05) is 0 Å². The highest BCUT2D eigenvalue weighted by atomic mass is 16.3. The molecule has 74 valence electrons. The van der Waals surface area contributed by atoms with Crippen LogP contribution in [0.5, 0.6) is 0 Å². The topological polar surface area (TPSA) is 32.3 Å². The molecule has 1 aliphatic heterocycles. The van der Waals surface area contributed by atoms with Gasteiger partial charge in [0.25, 0.3) is 0 Å². The second-order valence-electron chi connectivity index (χ2n) is 5.23. The van der Waals surface area contributed by atoms with Crippen LogP contribution in [0.3, 0.4) is 0 Å². The lowest BCUT2D eigenvalue weighted by Gasteiger charge is -2.36. The summed E-state index contributed by atoms with van der Waals surface area (Å²) in [5, 5.41) is 14.1. The molecule has 2 N–H and O–H groups in total. The highest BCUT2D eigenvalue weighted by molar-refractivity contribution is 5.07. The Kier molecular flexibility index (Phi) is 1.72. The maximum atomic E-state index is 10.5. The van der Waals surface area contributed by atoms with E-state index in [0.29, 0.717) is 6.04 Å². The van der Waals surface area contributed by atoms with E-state index in [1.165, 1.54) is 32.1 Å². The molecule has 2 bridgehead atoms. The predicted molar refractivity (Wildman–Crippen MR) is 51.5 cm³/mol. The number of piperidine rings is 1. The number of hydrogen-bond acceptors (Lipinski definition) is 2. The van der Waals surface area contributed by atoms with Gasteiger partial charge in [-0.25, -0.2) is 0 Å².